The van der Waals surface area contributed by atoms with Gasteiger partial charge in [-0.25, -0.2) is 0 Å². The average molecular weight is 412 g/mol. The van der Waals surface area contributed by atoms with E-state index in [1.807, 2.05) is 0 Å². The number of ether oxygens (including phenoxy) is 1. The number of amides is 1. The van der Waals surface area contributed by atoms with Gasteiger partial charge in [0.15, 0.2) is 4.80 Å². The highest BCUT2D eigenvalue weighted by Crippen LogP contribution is 2.29. The topological polar surface area (TPSA) is 67.4 Å². The second-order valence-corrected chi connectivity index (χ2v) is 10.1. The fraction of sp³-hybridized carbons (Fsp3) is 0.522. The van der Waals surface area contributed by atoms with Crippen LogP contribution in [0.3, 0.4) is 0 Å². The van der Waals surface area contributed by atoms with Crippen molar-refractivity contribution in [2.75, 3.05) is 0 Å². The minimum atomic E-state index is -0.365. The third-order valence-electron chi connectivity index (χ3n) is 4.90. The lowest BCUT2D eigenvalue weighted by molar-refractivity contribution is 0.0969. The maximum atomic E-state index is 13.1. The highest BCUT2D eigenvalue weighted by atomic mass is 32.1. The van der Waals surface area contributed by atoms with E-state index in [0.29, 0.717) is 27.6 Å². The van der Waals surface area contributed by atoms with Crippen LogP contribution in [0, 0.1) is 17.2 Å². The van der Waals surface area contributed by atoms with Gasteiger partial charge in [0.05, 0.1) is 23.3 Å². The maximum Gasteiger partial charge on any atom is 0.283 e. The number of aromatic nitrogens is 1. The van der Waals surface area contributed by atoms with Crippen molar-refractivity contribution in [2.45, 2.75) is 71.9 Å². The molecule has 0 saturated heterocycles. The standard InChI is InChI=1S/C23H29N3O2S/c1-15(2)13-26-14-20(23(3,4)5)29-22(26)25-21(27)18-11-16(12-24)9-10-19(18)28-17-7-6-8-17/h9-11,14-15,17H,6-8,13H2,1-5H3/b25-22-. The molecule has 1 aromatic carbocycles. The quantitative estimate of drug-likeness (QED) is 0.692. The van der Waals surface area contributed by atoms with Crippen LogP contribution in [-0.2, 0) is 12.0 Å². The Labute approximate surface area is 176 Å². The van der Waals surface area contributed by atoms with Crippen molar-refractivity contribution >= 4 is 17.2 Å². The first-order valence-corrected chi connectivity index (χ1v) is 11.0. The maximum absolute atomic E-state index is 13.1. The number of nitrogens with zero attached hydrogens (tertiary/aromatic N) is 3. The van der Waals surface area contributed by atoms with Crippen LogP contribution in [0.4, 0.5) is 0 Å². The molecule has 0 aliphatic heterocycles. The Hall–Kier alpha value is -2.39. The minimum Gasteiger partial charge on any atom is -0.490 e. The van der Waals surface area contributed by atoms with Gasteiger partial charge in [0.2, 0.25) is 0 Å². The lowest BCUT2D eigenvalue weighted by Gasteiger charge is -2.27. The van der Waals surface area contributed by atoms with Crippen molar-refractivity contribution in [2.24, 2.45) is 10.9 Å². The number of carbonyl (C=O) groups is 1. The zero-order chi connectivity index (χ0) is 21.2. The van der Waals surface area contributed by atoms with E-state index in [1.54, 1.807) is 29.5 Å². The second-order valence-electron chi connectivity index (χ2n) is 9.08. The molecule has 0 unspecified atom stereocenters. The number of carbonyl (C=O) groups excluding carboxylic acids is 1. The first-order valence-electron chi connectivity index (χ1n) is 10.2. The van der Waals surface area contributed by atoms with Gasteiger partial charge in [-0.05, 0) is 48.8 Å². The molecule has 6 heteroatoms. The number of nitriles is 1. The molecule has 1 aromatic heterocycles. The molecule has 1 amide bonds. The molecule has 0 radical (unpaired) electrons. The highest BCUT2D eigenvalue weighted by Gasteiger charge is 2.23. The molecule has 2 aromatic rings. The predicted molar refractivity (Wildman–Crippen MR) is 115 cm³/mol. The van der Waals surface area contributed by atoms with Crippen molar-refractivity contribution < 1.29 is 9.53 Å². The molecule has 0 atom stereocenters. The highest BCUT2D eigenvalue weighted by molar-refractivity contribution is 7.09. The Morgan fingerprint density at radius 3 is 2.66 bits per heavy atom. The first-order chi connectivity index (χ1) is 13.7. The molecule has 3 rings (SSSR count). The predicted octanol–water partition coefficient (Wildman–Crippen LogP) is 5.05. The molecular weight excluding hydrogens is 382 g/mol. The van der Waals surface area contributed by atoms with Crippen molar-refractivity contribution in [1.82, 2.24) is 4.57 Å². The number of hydrogen-bond acceptors (Lipinski definition) is 4. The minimum absolute atomic E-state index is 0.0145. The van der Waals surface area contributed by atoms with Crippen LogP contribution in [0.15, 0.2) is 29.4 Å². The molecule has 1 saturated carbocycles. The molecule has 0 spiro atoms. The molecule has 1 heterocycles. The molecule has 0 bridgehead atoms. The van der Waals surface area contributed by atoms with E-state index < -0.39 is 0 Å². The number of rotatable bonds is 5. The molecule has 1 aliphatic carbocycles. The van der Waals surface area contributed by atoms with E-state index in [4.69, 9.17) is 4.74 Å². The van der Waals surface area contributed by atoms with Gasteiger partial charge >= 0.3 is 0 Å². The van der Waals surface area contributed by atoms with E-state index >= 15 is 0 Å². The van der Waals surface area contributed by atoms with Gasteiger partial charge in [0, 0.05) is 17.6 Å². The molecule has 29 heavy (non-hydrogen) atoms. The Kier molecular flexibility index (Phi) is 6.28. The van der Waals surface area contributed by atoms with Gasteiger partial charge in [-0.1, -0.05) is 34.6 Å². The van der Waals surface area contributed by atoms with Crippen molar-refractivity contribution in [1.29, 1.82) is 5.26 Å². The normalized spacial score (nSPS) is 15.3. The molecular formula is C23H29N3O2S. The van der Waals surface area contributed by atoms with E-state index in [9.17, 15) is 10.1 Å². The van der Waals surface area contributed by atoms with Crippen LogP contribution in [-0.4, -0.2) is 16.6 Å². The second kappa shape index (κ2) is 8.54. The van der Waals surface area contributed by atoms with Crippen LogP contribution in [0.5, 0.6) is 5.75 Å². The molecule has 0 N–H and O–H groups in total. The molecule has 1 fully saturated rings. The molecule has 5 nitrogen and oxygen atoms in total. The van der Waals surface area contributed by atoms with Crippen molar-refractivity contribution in [3.8, 4) is 11.8 Å². The van der Waals surface area contributed by atoms with Gasteiger partial charge in [-0.3, -0.25) is 4.79 Å². The van der Waals surface area contributed by atoms with Crippen LogP contribution in [0.2, 0.25) is 0 Å². The monoisotopic (exact) mass is 411 g/mol. The van der Waals surface area contributed by atoms with Gasteiger partial charge in [0.25, 0.3) is 5.91 Å². The lowest BCUT2D eigenvalue weighted by Crippen LogP contribution is -2.25. The molecule has 1 aliphatic rings. The van der Waals surface area contributed by atoms with Crippen molar-refractivity contribution in [3.05, 3.63) is 45.2 Å². The van der Waals surface area contributed by atoms with Gasteiger partial charge in [-0.15, -0.1) is 11.3 Å². The summed E-state index contributed by atoms with van der Waals surface area (Å²) in [7, 11) is 0. The summed E-state index contributed by atoms with van der Waals surface area (Å²) < 4.78 is 8.06. The summed E-state index contributed by atoms with van der Waals surface area (Å²) in [6.07, 6.45) is 5.40. The smallest absolute Gasteiger partial charge is 0.283 e. The van der Waals surface area contributed by atoms with E-state index in [1.165, 1.54) is 4.88 Å². The van der Waals surface area contributed by atoms with E-state index in [0.717, 1.165) is 25.8 Å². The fourth-order valence-corrected chi connectivity index (χ4v) is 4.08. The zero-order valence-electron chi connectivity index (χ0n) is 17.9. The summed E-state index contributed by atoms with van der Waals surface area (Å²) in [5.41, 5.74) is 0.776. The Balaban J connectivity index is 2.03. The van der Waals surface area contributed by atoms with Crippen molar-refractivity contribution in [3.63, 3.8) is 0 Å². The molecule has 154 valence electrons. The third kappa shape index (κ3) is 5.16. The van der Waals surface area contributed by atoms with Crippen LogP contribution < -0.4 is 9.54 Å². The number of thiazole rings is 1. The van der Waals surface area contributed by atoms with Crippen LogP contribution >= 0.6 is 11.3 Å². The van der Waals surface area contributed by atoms with Gasteiger partial charge < -0.3 is 9.30 Å². The van der Waals surface area contributed by atoms with Crippen LogP contribution in [0.25, 0.3) is 0 Å². The SMILES string of the molecule is CC(C)Cn1cc(C(C)(C)C)s/c1=N\C(=O)c1cc(C#N)ccc1OC1CCC1. The third-order valence-corrected chi connectivity index (χ3v) is 6.35. The zero-order valence-corrected chi connectivity index (χ0v) is 18.7. The van der Waals surface area contributed by atoms with Gasteiger partial charge in [-0.2, -0.15) is 10.3 Å². The van der Waals surface area contributed by atoms with Gasteiger partial charge in [0.1, 0.15) is 5.75 Å². The van der Waals surface area contributed by atoms with E-state index in [-0.39, 0.29) is 17.4 Å². The summed E-state index contributed by atoms with van der Waals surface area (Å²) in [5.74, 6) is 0.590. The largest absolute Gasteiger partial charge is 0.490 e. The lowest BCUT2D eigenvalue weighted by atomic mass is 9.95. The first kappa shape index (κ1) is 21.3. The number of benzene rings is 1. The summed E-state index contributed by atoms with van der Waals surface area (Å²) in [6.45, 7) is 11.6. The summed E-state index contributed by atoms with van der Waals surface area (Å²) >= 11 is 1.55. The Morgan fingerprint density at radius 1 is 1.38 bits per heavy atom. The average Bonchev–Trinajstić information content (AvgIpc) is 3.00. The Morgan fingerprint density at radius 2 is 2.10 bits per heavy atom. The van der Waals surface area contributed by atoms with Crippen LogP contribution in [0.1, 0.15) is 74.7 Å². The summed E-state index contributed by atoms with van der Waals surface area (Å²) in [6, 6.07) is 7.10. The van der Waals surface area contributed by atoms with E-state index in [2.05, 4.69) is 56.4 Å². The fourth-order valence-electron chi connectivity index (χ4n) is 3.02. The Bertz CT molecular complexity index is 998. The summed E-state index contributed by atoms with van der Waals surface area (Å²) in [4.78, 5) is 19.4. The number of hydrogen-bond donors (Lipinski definition) is 0. The summed E-state index contributed by atoms with van der Waals surface area (Å²) in [5, 5.41) is 9.26.